The lowest BCUT2D eigenvalue weighted by Crippen LogP contribution is -2.47. The molecule has 1 rings (SSSR count). The molecule has 1 aliphatic heterocycles. The Labute approximate surface area is 94.2 Å². The fraction of sp³-hybridized carbons (Fsp3) is 1.00. The molecule has 0 aromatic heterocycles. The van der Waals surface area contributed by atoms with Crippen molar-refractivity contribution in [3.8, 4) is 0 Å². The van der Waals surface area contributed by atoms with Crippen LogP contribution in [0.3, 0.4) is 0 Å². The van der Waals surface area contributed by atoms with Crippen LogP contribution in [0.1, 0.15) is 27.2 Å². The van der Waals surface area contributed by atoms with Crippen LogP contribution in [0.2, 0.25) is 0 Å². The fourth-order valence-electron chi connectivity index (χ4n) is 1.86. The summed E-state index contributed by atoms with van der Waals surface area (Å²) >= 11 is 0. The minimum atomic E-state index is 0.371. The summed E-state index contributed by atoms with van der Waals surface area (Å²) in [4.78, 5) is 2.34. The standard InChI is InChI=1S/C12H26N2O/c1-5-10(2)11(3)13-8-12-9-14(4)6-7-15-12/h10-13H,5-9H2,1-4H3/t10-,11+,12-/m1/s1. The van der Waals surface area contributed by atoms with Gasteiger partial charge >= 0.3 is 0 Å². The summed E-state index contributed by atoms with van der Waals surface area (Å²) in [5.74, 6) is 0.742. The van der Waals surface area contributed by atoms with Crippen LogP contribution < -0.4 is 5.32 Å². The second-order valence-electron chi connectivity index (χ2n) is 4.84. The second kappa shape index (κ2) is 6.46. The number of ether oxygens (including phenoxy) is 1. The Kier molecular flexibility index (Phi) is 5.58. The maximum absolute atomic E-state index is 5.71. The van der Waals surface area contributed by atoms with E-state index in [2.05, 4.69) is 38.0 Å². The molecule has 0 saturated carbocycles. The van der Waals surface area contributed by atoms with Crippen molar-refractivity contribution in [1.29, 1.82) is 0 Å². The van der Waals surface area contributed by atoms with Crippen LogP contribution in [0, 0.1) is 5.92 Å². The van der Waals surface area contributed by atoms with Gasteiger partial charge in [0.2, 0.25) is 0 Å². The van der Waals surface area contributed by atoms with Crippen LogP contribution >= 0.6 is 0 Å². The molecule has 1 fully saturated rings. The number of hydrogen-bond donors (Lipinski definition) is 1. The Balaban J connectivity index is 2.18. The van der Waals surface area contributed by atoms with E-state index in [9.17, 15) is 0 Å². The monoisotopic (exact) mass is 214 g/mol. The van der Waals surface area contributed by atoms with E-state index in [1.54, 1.807) is 0 Å². The van der Waals surface area contributed by atoms with Gasteiger partial charge in [-0.05, 0) is 19.9 Å². The minimum Gasteiger partial charge on any atom is -0.374 e. The van der Waals surface area contributed by atoms with Gasteiger partial charge in [-0.1, -0.05) is 20.3 Å². The molecule has 0 aromatic carbocycles. The van der Waals surface area contributed by atoms with Crippen LogP contribution in [0.5, 0.6) is 0 Å². The quantitative estimate of drug-likeness (QED) is 0.747. The molecule has 90 valence electrons. The first-order valence-electron chi connectivity index (χ1n) is 6.17. The third-order valence-electron chi connectivity index (χ3n) is 3.51. The third kappa shape index (κ3) is 4.49. The molecule has 0 radical (unpaired) electrons. The molecule has 0 spiro atoms. The third-order valence-corrected chi connectivity index (χ3v) is 3.51. The van der Waals surface area contributed by atoms with E-state index in [1.165, 1.54) is 6.42 Å². The highest BCUT2D eigenvalue weighted by molar-refractivity contribution is 4.74. The van der Waals surface area contributed by atoms with Gasteiger partial charge in [0.05, 0.1) is 12.7 Å². The van der Waals surface area contributed by atoms with E-state index in [0.717, 1.165) is 32.2 Å². The first-order valence-corrected chi connectivity index (χ1v) is 6.17. The van der Waals surface area contributed by atoms with Gasteiger partial charge in [-0.3, -0.25) is 0 Å². The summed E-state index contributed by atoms with van der Waals surface area (Å²) in [5, 5.41) is 3.57. The molecule has 1 heterocycles. The zero-order valence-corrected chi connectivity index (χ0v) is 10.6. The largest absolute Gasteiger partial charge is 0.374 e. The van der Waals surface area contributed by atoms with E-state index >= 15 is 0 Å². The molecule has 3 atom stereocenters. The van der Waals surface area contributed by atoms with Crippen molar-refractivity contribution in [2.45, 2.75) is 39.3 Å². The SMILES string of the molecule is CC[C@@H](C)[C@H](C)NC[C@@H]1CN(C)CCO1. The zero-order chi connectivity index (χ0) is 11.3. The molecule has 0 unspecified atom stereocenters. The molecule has 3 heteroatoms. The highest BCUT2D eigenvalue weighted by atomic mass is 16.5. The van der Waals surface area contributed by atoms with Crippen molar-refractivity contribution in [1.82, 2.24) is 10.2 Å². The van der Waals surface area contributed by atoms with Crippen molar-refractivity contribution in [2.75, 3.05) is 33.3 Å². The zero-order valence-electron chi connectivity index (χ0n) is 10.6. The van der Waals surface area contributed by atoms with Crippen LogP contribution in [0.15, 0.2) is 0 Å². The molecule has 0 bridgehead atoms. The molecule has 3 nitrogen and oxygen atoms in total. The van der Waals surface area contributed by atoms with Crippen LogP contribution in [-0.4, -0.2) is 50.3 Å². The second-order valence-corrected chi connectivity index (χ2v) is 4.84. The molecule has 0 aliphatic carbocycles. The lowest BCUT2D eigenvalue weighted by Gasteiger charge is -2.31. The maximum Gasteiger partial charge on any atom is 0.0826 e. The Morgan fingerprint density at radius 3 is 2.80 bits per heavy atom. The van der Waals surface area contributed by atoms with Crippen LogP contribution in [0.25, 0.3) is 0 Å². The van der Waals surface area contributed by atoms with Gasteiger partial charge in [-0.25, -0.2) is 0 Å². The van der Waals surface area contributed by atoms with Crippen molar-refractivity contribution >= 4 is 0 Å². The Morgan fingerprint density at radius 1 is 1.47 bits per heavy atom. The molecule has 1 saturated heterocycles. The molecule has 0 aromatic rings. The average Bonchev–Trinajstić information content (AvgIpc) is 2.25. The van der Waals surface area contributed by atoms with Crippen LogP contribution in [0.4, 0.5) is 0 Å². The van der Waals surface area contributed by atoms with E-state index in [4.69, 9.17) is 4.74 Å². The Morgan fingerprint density at radius 2 is 2.20 bits per heavy atom. The summed E-state index contributed by atoms with van der Waals surface area (Å²) < 4.78 is 5.71. The van der Waals surface area contributed by atoms with E-state index in [0.29, 0.717) is 12.1 Å². The summed E-state index contributed by atoms with van der Waals surface area (Å²) in [6.45, 7) is 10.8. The molecule has 15 heavy (non-hydrogen) atoms. The minimum absolute atomic E-state index is 0.371. The van der Waals surface area contributed by atoms with Gasteiger partial charge < -0.3 is 15.0 Å². The maximum atomic E-state index is 5.71. The summed E-state index contributed by atoms with van der Waals surface area (Å²) in [6, 6.07) is 0.589. The van der Waals surface area contributed by atoms with Gasteiger partial charge in [0, 0.05) is 25.7 Å². The van der Waals surface area contributed by atoms with Crippen LogP contribution in [-0.2, 0) is 4.74 Å². The van der Waals surface area contributed by atoms with Gasteiger partial charge in [-0.15, -0.1) is 0 Å². The first kappa shape index (κ1) is 12.9. The summed E-state index contributed by atoms with van der Waals surface area (Å²) in [5.41, 5.74) is 0. The highest BCUT2D eigenvalue weighted by Crippen LogP contribution is 2.08. The number of nitrogens with zero attached hydrogens (tertiary/aromatic N) is 1. The van der Waals surface area contributed by atoms with E-state index in [-0.39, 0.29) is 0 Å². The molecule has 1 aliphatic rings. The number of likely N-dealkylation sites (N-methyl/N-ethyl adjacent to an activating group) is 1. The number of morpholine rings is 1. The smallest absolute Gasteiger partial charge is 0.0826 e. The van der Waals surface area contributed by atoms with Gasteiger partial charge in [0.1, 0.15) is 0 Å². The highest BCUT2D eigenvalue weighted by Gasteiger charge is 2.18. The molecule has 1 N–H and O–H groups in total. The van der Waals surface area contributed by atoms with E-state index < -0.39 is 0 Å². The summed E-state index contributed by atoms with van der Waals surface area (Å²) in [7, 11) is 2.16. The Hall–Kier alpha value is -0.120. The van der Waals surface area contributed by atoms with Crippen molar-refractivity contribution < 1.29 is 4.74 Å². The van der Waals surface area contributed by atoms with Crippen molar-refractivity contribution in [3.05, 3.63) is 0 Å². The topological polar surface area (TPSA) is 24.5 Å². The normalized spacial score (nSPS) is 27.6. The predicted molar refractivity (Wildman–Crippen MR) is 64.2 cm³/mol. The van der Waals surface area contributed by atoms with Crippen molar-refractivity contribution in [3.63, 3.8) is 0 Å². The number of rotatable bonds is 5. The molecular weight excluding hydrogens is 188 g/mol. The first-order chi connectivity index (χ1) is 7.13. The van der Waals surface area contributed by atoms with Gasteiger partial charge in [0.15, 0.2) is 0 Å². The average molecular weight is 214 g/mol. The van der Waals surface area contributed by atoms with Gasteiger partial charge in [-0.2, -0.15) is 0 Å². The Bertz CT molecular complexity index is 175. The fourth-order valence-corrected chi connectivity index (χ4v) is 1.86. The number of hydrogen-bond acceptors (Lipinski definition) is 3. The number of nitrogens with one attached hydrogen (secondary N) is 1. The van der Waals surface area contributed by atoms with Gasteiger partial charge in [0.25, 0.3) is 0 Å². The lowest BCUT2D eigenvalue weighted by molar-refractivity contribution is -0.0197. The summed E-state index contributed by atoms with van der Waals surface area (Å²) in [6.07, 6.45) is 1.61. The van der Waals surface area contributed by atoms with E-state index in [1.807, 2.05) is 0 Å². The molecule has 0 amide bonds. The molecular formula is C12H26N2O. The lowest BCUT2D eigenvalue weighted by atomic mass is 10.0. The predicted octanol–water partition coefficient (Wildman–Crippen LogP) is 1.34. The van der Waals surface area contributed by atoms with Crippen molar-refractivity contribution in [2.24, 2.45) is 5.92 Å².